The third-order valence-electron chi connectivity index (χ3n) is 3.90. The lowest BCUT2D eigenvalue weighted by Crippen LogP contribution is -2.37. The van der Waals surface area contributed by atoms with Crippen molar-refractivity contribution in [2.24, 2.45) is 5.92 Å². The molecule has 0 spiro atoms. The predicted molar refractivity (Wildman–Crippen MR) is 93.2 cm³/mol. The Hall–Kier alpha value is -2.86. The molecule has 2 N–H and O–H groups in total. The lowest BCUT2D eigenvalue weighted by atomic mass is 9.99. The third-order valence-corrected chi connectivity index (χ3v) is 3.90. The first-order chi connectivity index (χ1) is 12.4. The maximum atomic E-state index is 11.6. The molecule has 2 heterocycles. The van der Waals surface area contributed by atoms with Gasteiger partial charge in [0.15, 0.2) is 11.4 Å². The smallest absolute Gasteiger partial charge is 0.434 e. The number of nitrogens with zero attached hydrogens (tertiary/aromatic N) is 4. The minimum atomic E-state index is -1.28. The number of hydrogen-bond donors (Lipinski definition) is 1. The van der Waals surface area contributed by atoms with E-state index in [0.29, 0.717) is 24.2 Å². The largest absolute Gasteiger partial charge is 0.508 e. The number of rotatable bonds is 8. The van der Waals surface area contributed by atoms with Gasteiger partial charge in [-0.15, -0.1) is 0 Å². The lowest BCUT2D eigenvalue weighted by molar-refractivity contribution is -0.0400. The molecule has 0 aliphatic rings. The maximum Gasteiger partial charge on any atom is 0.508 e. The molecule has 2 rings (SSSR count). The molecule has 9 heteroatoms. The molecule has 0 amide bonds. The Balaban J connectivity index is 2.01. The van der Waals surface area contributed by atoms with Gasteiger partial charge in [0.05, 0.1) is 6.61 Å². The highest BCUT2D eigenvalue weighted by Gasteiger charge is 2.32. The molecule has 1 unspecified atom stereocenters. The van der Waals surface area contributed by atoms with Crippen molar-refractivity contribution in [2.45, 2.75) is 32.3 Å². The minimum Gasteiger partial charge on any atom is -0.434 e. The Morgan fingerprint density at radius 1 is 1.42 bits per heavy atom. The second kappa shape index (κ2) is 8.49. The van der Waals surface area contributed by atoms with Crippen LogP contribution in [-0.4, -0.2) is 46.7 Å². The first-order valence-electron chi connectivity index (χ1n) is 8.24. The summed E-state index contributed by atoms with van der Waals surface area (Å²) in [6, 6.07) is 5.75. The molecule has 9 nitrogen and oxygen atoms in total. The number of fused-ring (bicyclic) bond motifs is 1. The number of methoxy groups -OCH3 is 1. The topological polar surface area (TPSA) is 125 Å². The van der Waals surface area contributed by atoms with Gasteiger partial charge in [-0.1, -0.05) is 13.8 Å². The Morgan fingerprint density at radius 2 is 2.19 bits per heavy atom. The first kappa shape index (κ1) is 19.5. The van der Waals surface area contributed by atoms with E-state index in [1.54, 1.807) is 4.52 Å². The van der Waals surface area contributed by atoms with Crippen LogP contribution in [-0.2, 0) is 20.6 Å². The second-order valence-electron chi connectivity index (χ2n) is 6.32. The van der Waals surface area contributed by atoms with Gasteiger partial charge in [0.1, 0.15) is 24.5 Å². The van der Waals surface area contributed by atoms with Gasteiger partial charge in [-0.05, 0) is 30.9 Å². The van der Waals surface area contributed by atoms with Crippen LogP contribution in [0.15, 0.2) is 18.5 Å². The van der Waals surface area contributed by atoms with Gasteiger partial charge in [0, 0.05) is 12.8 Å². The number of nitrogens with two attached hydrogens (primary N) is 1. The summed E-state index contributed by atoms with van der Waals surface area (Å²) in [6.07, 6.45) is 1.32. The van der Waals surface area contributed by atoms with Crippen LogP contribution in [0.3, 0.4) is 0 Å². The van der Waals surface area contributed by atoms with Crippen molar-refractivity contribution in [1.82, 2.24) is 14.6 Å². The van der Waals surface area contributed by atoms with E-state index in [2.05, 4.69) is 16.2 Å². The van der Waals surface area contributed by atoms with Crippen LogP contribution < -0.4 is 5.73 Å². The van der Waals surface area contributed by atoms with E-state index >= 15 is 0 Å². The number of nitrogen functional groups attached to an aromatic ring is 1. The van der Waals surface area contributed by atoms with Crippen LogP contribution in [0.4, 0.5) is 10.6 Å². The van der Waals surface area contributed by atoms with Crippen molar-refractivity contribution in [1.29, 1.82) is 5.26 Å². The van der Waals surface area contributed by atoms with E-state index < -0.39 is 11.8 Å². The molecule has 0 aliphatic heterocycles. The number of aryl methyl sites for hydroxylation is 1. The number of aromatic nitrogens is 3. The van der Waals surface area contributed by atoms with E-state index in [4.69, 9.17) is 19.9 Å². The van der Waals surface area contributed by atoms with Gasteiger partial charge in [-0.3, -0.25) is 0 Å². The van der Waals surface area contributed by atoms with Crippen molar-refractivity contribution >= 4 is 17.5 Å². The molecular formula is C17H23N5O4. The van der Waals surface area contributed by atoms with Crippen LogP contribution in [0.1, 0.15) is 26.0 Å². The van der Waals surface area contributed by atoms with Crippen molar-refractivity contribution < 1.29 is 19.0 Å². The SMILES string of the molecule is COC(C#N)(CCc1ccc2c(N)ncnn12)COC(=O)OCC(C)C. The van der Waals surface area contributed by atoms with Crippen LogP contribution >= 0.6 is 0 Å². The summed E-state index contributed by atoms with van der Waals surface area (Å²) in [7, 11) is 1.41. The first-order valence-corrected chi connectivity index (χ1v) is 8.24. The summed E-state index contributed by atoms with van der Waals surface area (Å²) in [5.41, 5.74) is 6.07. The fourth-order valence-electron chi connectivity index (χ4n) is 2.35. The number of ether oxygens (including phenoxy) is 3. The average Bonchev–Trinajstić information content (AvgIpc) is 3.05. The number of carbonyl (C=O) groups is 1. The Labute approximate surface area is 151 Å². The zero-order valence-corrected chi connectivity index (χ0v) is 15.1. The molecule has 2 aromatic heterocycles. The third kappa shape index (κ3) is 4.61. The molecule has 26 heavy (non-hydrogen) atoms. The molecule has 0 radical (unpaired) electrons. The van der Waals surface area contributed by atoms with Crippen LogP contribution in [0.5, 0.6) is 0 Å². The van der Waals surface area contributed by atoms with Crippen molar-refractivity contribution in [3.05, 3.63) is 24.2 Å². The molecule has 2 aromatic rings. The van der Waals surface area contributed by atoms with Crippen LogP contribution in [0.25, 0.3) is 5.52 Å². The van der Waals surface area contributed by atoms with E-state index in [1.165, 1.54) is 13.4 Å². The molecule has 0 bridgehead atoms. The molecule has 0 aromatic carbocycles. The molecule has 0 fully saturated rings. The summed E-state index contributed by atoms with van der Waals surface area (Å²) in [6.45, 7) is 3.86. The monoisotopic (exact) mass is 361 g/mol. The molecule has 0 aliphatic carbocycles. The van der Waals surface area contributed by atoms with E-state index in [0.717, 1.165) is 5.69 Å². The van der Waals surface area contributed by atoms with Gasteiger partial charge in [0.2, 0.25) is 0 Å². The van der Waals surface area contributed by atoms with Crippen LogP contribution in [0, 0.1) is 17.2 Å². The van der Waals surface area contributed by atoms with Gasteiger partial charge >= 0.3 is 6.16 Å². The summed E-state index contributed by atoms with van der Waals surface area (Å²) < 4.78 is 17.0. The maximum absolute atomic E-state index is 11.6. The summed E-state index contributed by atoms with van der Waals surface area (Å²) in [5.74, 6) is 0.573. The van der Waals surface area contributed by atoms with Crippen molar-refractivity contribution in [2.75, 3.05) is 26.1 Å². The van der Waals surface area contributed by atoms with Gasteiger partial charge < -0.3 is 19.9 Å². The number of anilines is 1. The molecular weight excluding hydrogens is 338 g/mol. The minimum absolute atomic E-state index is 0.197. The number of hydrogen-bond acceptors (Lipinski definition) is 8. The van der Waals surface area contributed by atoms with Crippen LogP contribution in [0.2, 0.25) is 0 Å². The fraction of sp³-hybridized carbons (Fsp3) is 0.529. The predicted octanol–water partition coefficient (Wildman–Crippen LogP) is 1.96. The Bertz CT molecular complexity index is 798. The summed E-state index contributed by atoms with van der Waals surface area (Å²) in [5, 5.41) is 13.7. The average molecular weight is 361 g/mol. The zero-order chi connectivity index (χ0) is 19.2. The van der Waals surface area contributed by atoms with Crippen molar-refractivity contribution in [3.8, 4) is 6.07 Å². The molecule has 0 saturated carbocycles. The molecule has 140 valence electrons. The Morgan fingerprint density at radius 3 is 2.85 bits per heavy atom. The summed E-state index contributed by atoms with van der Waals surface area (Å²) >= 11 is 0. The van der Waals surface area contributed by atoms with Gasteiger partial charge in [0.25, 0.3) is 0 Å². The molecule has 0 saturated heterocycles. The van der Waals surface area contributed by atoms with E-state index in [9.17, 15) is 10.1 Å². The highest BCUT2D eigenvalue weighted by atomic mass is 16.7. The van der Waals surface area contributed by atoms with Gasteiger partial charge in [-0.2, -0.15) is 10.4 Å². The van der Waals surface area contributed by atoms with E-state index in [1.807, 2.05) is 26.0 Å². The van der Waals surface area contributed by atoms with E-state index in [-0.39, 0.29) is 19.1 Å². The highest BCUT2D eigenvalue weighted by Crippen LogP contribution is 2.21. The number of carbonyl (C=O) groups excluding carboxylic acids is 1. The number of nitriles is 1. The quantitative estimate of drug-likeness (QED) is 0.707. The second-order valence-corrected chi connectivity index (χ2v) is 6.32. The standard InChI is InChI=1S/C17H23N5O4/c1-12(2)8-25-16(23)26-10-17(9-18,24-3)7-6-13-4-5-14-15(19)20-11-21-22(13)14/h4-5,11-12H,6-8,10H2,1-3H3,(H2,19,20,21). The zero-order valence-electron chi connectivity index (χ0n) is 15.1. The summed E-state index contributed by atoms with van der Waals surface area (Å²) in [4.78, 5) is 15.6. The highest BCUT2D eigenvalue weighted by molar-refractivity contribution is 5.65. The lowest BCUT2D eigenvalue weighted by Gasteiger charge is -2.24. The normalized spacial score (nSPS) is 13.3. The Kier molecular flexibility index (Phi) is 6.36. The van der Waals surface area contributed by atoms with Crippen molar-refractivity contribution in [3.63, 3.8) is 0 Å². The fourth-order valence-corrected chi connectivity index (χ4v) is 2.35. The van der Waals surface area contributed by atoms with Gasteiger partial charge in [-0.25, -0.2) is 14.3 Å². The molecule has 1 atom stereocenters.